The number of benzene rings is 2. The molecule has 4 heterocycles. The number of fused-ring (bicyclic) bond motifs is 1. The Kier molecular flexibility index (Phi) is 11.0. The maximum Gasteiger partial charge on any atom is 0.239 e. The van der Waals surface area contributed by atoms with E-state index in [0.29, 0.717) is 0 Å². The lowest BCUT2D eigenvalue weighted by atomic mass is 9.97. The molecule has 52 heavy (non-hydrogen) atoms. The summed E-state index contributed by atoms with van der Waals surface area (Å²) in [5.41, 5.74) is -1.15. The van der Waals surface area contributed by atoms with Crippen LogP contribution in [0.15, 0.2) is 45.6 Å². The zero-order valence-corrected chi connectivity index (χ0v) is 27.5. The molecule has 0 saturated carbocycles. The molecule has 0 radical (unpaired) electrons. The van der Waals surface area contributed by atoms with E-state index >= 15 is 0 Å². The van der Waals surface area contributed by atoms with Gasteiger partial charge in [-0.1, -0.05) is 0 Å². The van der Waals surface area contributed by atoms with Crippen molar-refractivity contribution < 1.29 is 89.0 Å². The number of hydrogen-bond donors (Lipinski definition) is 11. The van der Waals surface area contributed by atoms with Crippen LogP contribution < -0.4 is 10.2 Å². The van der Waals surface area contributed by atoms with Gasteiger partial charge in [-0.3, -0.25) is 4.79 Å². The molecule has 286 valence electrons. The van der Waals surface area contributed by atoms with E-state index in [9.17, 15) is 61.0 Å². The molecule has 3 saturated heterocycles. The van der Waals surface area contributed by atoms with Crippen molar-refractivity contribution in [3.05, 3.63) is 46.6 Å². The molecular formula is C33H40O19. The highest BCUT2D eigenvalue weighted by Gasteiger charge is 2.52. The van der Waals surface area contributed by atoms with Crippen LogP contribution in [0, 0.1) is 0 Å². The fourth-order valence-corrected chi connectivity index (χ4v) is 6.20. The number of phenolic OH excluding ortho intramolecular Hbond substituents is 3. The molecule has 3 fully saturated rings. The molecule has 3 aliphatic rings. The quantitative estimate of drug-likeness (QED) is 0.113. The van der Waals surface area contributed by atoms with Crippen LogP contribution in [0.25, 0.3) is 22.3 Å². The molecule has 0 amide bonds. The van der Waals surface area contributed by atoms with Crippen LogP contribution >= 0.6 is 0 Å². The summed E-state index contributed by atoms with van der Waals surface area (Å²) in [6.07, 6.45) is -24.7. The second-order valence-electron chi connectivity index (χ2n) is 12.9. The average molecular weight is 741 g/mol. The second kappa shape index (κ2) is 15.0. The first-order valence-electron chi connectivity index (χ1n) is 16.2. The SMILES string of the molecule is C[C@@H]1O[C@@H](O[C@H]2[C@H](Oc3c(-c4ccc(O)cc4)oc4cc(O)cc(O)c4c3=O)O[C@@H](CO[C@@H]3O[C@@H](C)[C@H](O)[C@H](O)[C@H]3O)[C@H](O)[C@@H]2O)[C@@H](O)[C@@H](O)[C@H]1O. The minimum absolute atomic E-state index is 0.138. The topological polar surface area (TPSA) is 308 Å². The van der Waals surface area contributed by atoms with E-state index in [2.05, 4.69) is 0 Å². The Morgan fingerprint density at radius 1 is 0.654 bits per heavy atom. The zero-order chi connectivity index (χ0) is 37.8. The average Bonchev–Trinajstić information content (AvgIpc) is 3.10. The third-order valence-electron chi connectivity index (χ3n) is 9.26. The molecule has 0 unspecified atom stereocenters. The lowest BCUT2D eigenvalue weighted by Gasteiger charge is -2.46. The molecule has 3 aromatic rings. The smallest absolute Gasteiger partial charge is 0.239 e. The Morgan fingerprint density at radius 2 is 1.25 bits per heavy atom. The summed E-state index contributed by atoms with van der Waals surface area (Å²) in [6.45, 7) is 2.12. The standard InChI is InChI=1S/C33H40O19/c1-10-19(37)23(41)26(44)31(47-10)46-9-17-21(39)25(43)30(52-32-27(45)24(42)20(38)11(2)48-32)33(50-17)51-29-22(40)18-15(36)7-14(35)8-16(18)49-28(29)12-3-5-13(34)6-4-12/h3-8,10-11,17,19-21,23-27,30-39,41-45H,9H2,1-2H3/t10-,11-,17-,19-,20-,21-,23-,24-,25-,26+,27-,30+,31+,32-,33-/m0/s1. The highest BCUT2D eigenvalue weighted by Crippen LogP contribution is 2.38. The van der Waals surface area contributed by atoms with Gasteiger partial charge in [-0.25, -0.2) is 0 Å². The summed E-state index contributed by atoms with van der Waals surface area (Å²) in [5.74, 6) is -2.27. The first-order chi connectivity index (χ1) is 24.6. The molecule has 15 atom stereocenters. The van der Waals surface area contributed by atoms with Crippen LogP contribution in [0.2, 0.25) is 0 Å². The minimum Gasteiger partial charge on any atom is -0.508 e. The molecule has 11 N–H and O–H groups in total. The molecule has 6 rings (SSSR count). The molecule has 3 aliphatic heterocycles. The van der Waals surface area contributed by atoms with Gasteiger partial charge in [0.25, 0.3) is 0 Å². The lowest BCUT2D eigenvalue weighted by molar-refractivity contribution is -0.360. The fourth-order valence-electron chi connectivity index (χ4n) is 6.20. The largest absolute Gasteiger partial charge is 0.508 e. The molecule has 0 aliphatic carbocycles. The van der Waals surface area contributed by atoms with Crippen LogP contribution in [-0.4, -0.2) is 155 Å². The number of rotatable bonds is 8. The fraction of sp³-hybridized carbons (Fsp3) is 0.545. The van der Waals surface area contributed by atoms with Gasteiger partial charge in [0.05, 0.1) is 18.8 Å². The van der Waals surface area contributed by atoms with Crippen molar-refractivity contribution in [3.63, 3.8) is 0 Å². The molecule has 0 bridgehead atoms. The zero-order valence-electron chi connectivity index (χ0n) is 27.5. The van der Waals surface area contributed by atoms with Crippen molar-refractivity contribution >= 4 is 11.0 Å². The maximum atomic E-state index is 14.0. The first-order valence-corrected chi connectivity index (χ1v) is 16.2. The number of phenols is 3. The van der Waals surface area contributed by atoms with E-state index in [0.717, 1.165) is 12.1 Å². The van der Waals surface area contributed by atoms with E-state index in [1.54, 1.807) is 0 Å². The van der Waals surface area contributed by atoms with Gasteiger partial charge in [-0.2, -0.15) is 0 Å². The Hall–Kier alpha value is -3.67. The van der Waals surface area contributed by atoms with Crippen LogP contribution in [0.3, 0.4) is 0 Å². The van der Waals surface area contributed by atoms with Crippen molar-refractivity contribution in [1.29, 1.82) is 0 Å². The number of hydrogen-bond acceptors (Lipinski definition) is 19. The van der Waals surface area contributed by atoms with Crippen LogP contribution in [-0.2, 0) is 23.7 Å². The van der Waals surface area contributed by atoms with Crippen molar-refractivity contribution in [1.82, 2.24) is 0 Å². The predicted octanol–water partition coefficient (Wildman–Crippen LogP) is -2.54. The molecule has 2 aromatic carbocycles. The van der Waals surface area contributed by atoms with Crippen molar-refractivity contribution in [3.8, 4) is 34.3 Å². The highest BCUT2D eigenvalue weighted by atomic mass is 16.8. The highest BCUT2D eigenvalue weighted by molar-refractivity contribution is 5.88. The summed E-state index contributed by atoms with van der Waals surface area (Å²) in [7, 11) is 0. The molecule has 1 aromatic heterocycles. The maximum absolute atomic E-state index is 14.0. The Labute approximate surface area is 293 Å². The van der Waals surface area contributed by atoms with Crippen molar-refractivity contribution in [2.24, 2.45) is 0 Å². The van der Waals surface area contributed by atoms with E-state index in [4.69, 9.17) is 32.8 Å². The van der Waals surface area contributed by atoms with Crippen LogP contribution in [0.1, 0.15) is 13.8 Å². The minimum atomic E-state index is -2.00. The van der Waals surface area contributed by atoms with Gasteiger partial charge in [0.15, 0.2) is 24.4 Å². The normalized spacial score (nSPS) is 38.3. The van der Waals surface area contributed by atoms with E-state index < -0.39 is 127 Å². The van der Waals surface area contributed by atoms with E-state index in [-0.39, 0.29) is 22.7 Å². The number of ether oxygens (including phenoxy) is 6. The van der Waals surface area contributed by atoms with E-state index in [1.165, 1.54) is 38.1 Å². The summed E-state index contributed by atoms with van der Waals surface area (Å²) in [6, 6.07) is 7.16. The number of aromatic hydroxyl groups is 3. The number of aliphatic hydroxyl groups is 8. The van der Waals surface area contributed by atoms with Crippen LogP contribution in [0.5, 0.6) is 23.0 Å². The number of aliphatic hydroxyl groups excluding tert-OH is 8. The Bertz CT molecular complexity index is 1760. The van der Waals surface area contributed by atoms with Gasteiger partial charge in [0.2, 0.25) is 17.5 Å². The summed E-state index contributed by atoms with van der Waals surface area (Å²) in [5, 5.41) is 115. The van der Waals surface area contributed by atoms with Crippen molar-refractivity contribution in [2.75, 3.05) is 6.61 Å². The molecular weight excluding hydrogens is 700 g/mol. The van der Waals surface area contributed by atoms with Gasteiger partial charge >= 0.3 is 0 Å². The second-order valence-corrected chi connectivity index (χ2v) is 12.9. The van der Waals surface area contributed by atoms with E-state index in [1.807, 2.05) is 0 Å². The molecule has 19 heteroatoms. The summed E-state index contributed by atoms with van der Waals surface area (Å²) >= 11 is 0. The first kappa shape index (κ1) is 38.1. The van der Waals surface area contributed by atoms with Gasteiger partial charge in [-0.05, 0) is 38.1 Å². The lowest BCUT2D eigenvalue weighted by Crippen LogP contribution is -2.65. The monoisotopic (exact) mass is 740 g/mol. The Morgan fingerprint density at radius 3 is 1.88 bits per heavy atom. The summed E-state index contributed by atoms with van der Waals surface area (Å²) in [4.78, 5) is 14.0. The van der Waals surface area contributed by atoms with Crippen LogP contribution in [0.4, 0.5) is 0 Å². The third-order valence-corrected chi connectivity index (χ3v) is 9.26. The van der Waals surface area contributed by atoms with Gasteiger partial charge in [0.1, 0.15) is 83.2 Å². The van der Waals surface area contributed by atoms with Crippen molar-refractivity contribution in [2.45, 2.75) is 106 Å². The predicted molar refractivity (Wildman–Crippen MR) is 170 cm³/mol. The molecule has 19 nitrogen and oxygen atoms in total. The van der Waals surface area contributed by atoms with Gasteiger partial charge in [0, 0.05) is 17.7 Å². The van der Waals surface area contributed by atoms with Gasteiger partial charge < -0.3 is 89.0 Å². The third kappa shape index (κ3) is 7.16. The summed E-state index contributed by atoms with van der Waals surface area (Å²) < 4.78 is 40.3. The molecule has 0 spiro atoms. The Balaban J connectivity index is 1.38. The van der Waals surface area contributed by atoms with Gasteiger partial charge in [-0.15, -0.1) is 0 Å².